The average molecular weight is 285 g/mol. The number of hydrogen-bond acceptors (Lipinski definition) is 1. The average Bonchev–Trinajstić information content (AvgIpc) is 2.27. The Hall–Kier alpha value is -0.950. The number of ether oxygens (including phenoxy) is 1. The number of methoxy groups -OCH3 is 1. The molecule has 2 heteroatoms. The second-order valence-electron chi connectivity index (χ2n) is 2.31. The molecule has 13 heavy (non-hydrogen) atoms. The molecule has 0 N–H and O–H groups in total. The molecule has 0 atom stereocenters. The van der Waals surface area contributed by atoms with E-state index in [-0.39, 0.29) is 0 Å². The highest BCUT2D eigenvalue weighted by atomic mass is 127. The first-order valence-corrected chi connectivity index (χ1v) is 4.89. The van der Waals surface area contributed by atoms with Crippen LogP contribution in [0.4, 0.5) is 0 Å². The summed E-state index contributed by atoms with van der Waals surface area (Å²) in [6, 6.07) is 5.77. The Morgan fingerprint density at radius 2 is 2.46 bits per heavy atom. The molecule has 0 bridgehead atoms. The molecule has 0 aliphatic carbocycles. The van der Waals surface area contributed by atoms with Gasteiger partial charge in [-0.15, -0.1) is 6.42 Å². The van der Waals surface area contributed by atoms with Gasteiger partial charge in [0.2, 0.25) is 0 Å². The molecule has 0 amide bonds. The van der Waals surface area contributed by atoms with Crippen LogP contribution in [0.5, 0.6) is 5.75 Å². The molecule has 0 heterocycles. The Kier molecular flexibility index (Phi) is 3.27. The summed E-state index contributed by atoms with van der Waals surface area (Å²) in [5, 5.41) is 0. The van der Waals surface area contributed by atoms with Gasteiger partial charge in [0.25, 0.3) is 0 Å². The van der Waals surface area contributed by atoms with Crippen molar-refractivity contribution in [2.45, 2.75) is 0 Å². The third-order valence-corrected chi connectivity index (χ3v) is 1.90. The van der Waals surface area contributed by atoms with Gasteiger partial charge >= 0.3 is 0 Å². The molecule has 1 rings (SSSR count). The number of benzene rings is 1. The zero-order valence-corrected chi connectivity index (χ0v) is 9.33. The van der Waals surface area contributed by atoms with E-state index in [4.69, 9.17) is 12.5 Å². The van der Waals surface area contributed by atoms with Gasteiger partial charge in [0.05, 0.1) is 8.48 Å². The van der Waals surface area contributed by atoms with Crippen molar-refractivity contribution in [3.63, 3.8) is 0 Å². The lowest BCUT2D eigenvalue weighted by Gasteiger charge is -2.02. The normalized spacial score (nSPS) is 11.8. The van der Waals surface area contributed by atoms with Crippen LogP contribution in [0, 0.1) is 12.3 Å². The lowest BCUT2D eigenvalue weighted by Crippen LogP contribution is -1.86. The molecule has 0 unspecified atom stereocenters. The summed E-state index contributed by atoms with van der Waals surface area (Å²) in [7, 11) is 1.59. The minimum absolute atomic E-state index is 0.418. The summed E-state index contributed by atoms with van der Waals surface area (Å²) in [4.78, 5) is 0. The zero-order valence-electron chi connectivity index (χ0n) is 8.17. The summed E-state index contributed by atoms with van der Waals surface area (Å²) in [5.41, 5.74) is 1.44. The van der Waals surface area contributed by atoms with Crippen molar-refractivity contribution >= 4 is 28.6 Å². The van der Waals surface area contributed by atoms with E-state index in [9.17, 15) is 0 Å². The van der Waals surface area contributed by atoms with Crippen LogP contribution in [0.1, 0.15) is 12.5 Å². The fourth-order valence-corrected chi connectivity index (χ4v) is 1.29. The first-order chi connectivity index (χ1) is 6.72. The first kappa shape index (κ1) is 8.64. The van der Waals surface area contributed by atoms with Crippen LogP contribution in [0.3, 0.4) is 0 Å². The van der Waals surface area contributed by atoms with Crippen molar-refractivity contribution in [1.82, 2.24) is 0 Å². The van der Waals surface area contributed by atoms with Crippen molar-refractivity contribution in [3.05, 3.63) is 33.4 Å². The maximum absolute atomic E-state index is 7.65. The highest BCUT2D eigenvalue weighted by molar-refractivity contribution is 14.1. The highest BCUT2D eigenvalue weighted by Crippen LogP contribution is 2.18. The quantitative estimate of drug-likeness (QED) is 0.599. The SMILES string of the molecule is [2H]/C(=C\I)c1ccc(OC)cc1C#C. The maximum Gasteiger partial charge on any atom is 0.120 e. The largest absolute Gasteiger partial charge is 0.497 e. The maximum atomic E-state index is 7.65. The first-order valence-electron chi connectivity index (χ1n) is 4.15. The third kappa shape index (κ3) is 2.49. The van der Waals surface area contributed by atoms with Gasteiger partial charge in [-0.3, -0.25) is 0 Å². The van der Waals surface area contributed by atoms with Crippen LogP contribution in [-0.4, -0.2) is 7.11 Å². The molecule has 66 valence electrons. The standard InChI is InChI=1S/C11H9IO/c1-3-9-8-11(13-2)5-4-10(9)6-7-12/h1,4-8H,2H3/b7-6+/i6D. The fourth-order valence-electron chi connectivity index (χ4n) is 0.954. The van der Waals surface area contributed by atoms with Crippen molar-refractivity contribution in [1.29, 1.82) is 0 Å². The zero-order chi connectivity index (χ0) is 10.6. The Labute approximate surface area is 93.3 Å². The van der Waals surface area contributed by atoms with Crippen LogP contribution >= 0.6 is 22.6 Å². The smallest absolute Gasteiger partial charge is 0.120 e. The van der Waals surface area contributed by atoms with E-state index in [1.165, 1.54) is 0 Å². The molecule has 0 fully saturated rings. The predicted molar refractivity (Wildman–Crippen MR) is 64.0 cm³/mol. The molecule has 0 radical (unpaired) electrons. The topological polar surface area (TPSA) is 9.23 Å². The van der Waals surface area contributed by atoms with Gasteiger partial charge in [0.15, 0.2) is 0 Å². The van der Waals surface area contributed by atoms with Gasteiger partial charge in [-0.2, -0.15) is 0 Å². The number of terminal acetylenes is 1. The Bertz CT molecular complexity index is 404. The van der Waals surface area contributed by atoms with Gasteiger partial charge in [-0.05, 0) is 27.8 Å². The number of rotatable bonds is 2. The highest BCUT2D eigenvalue weighted by Gasteiger charge is 1.98. The summed E-state index contributed by atoms with van der Waals surface area (Å²) in [5.74, 6) is 3.25. The lowest BCUT2D eigenvalue weighted by atomic mass is 10.1. The van der Waals surface area contributed by atoms with Crippen molar-refractivity contribution in [3.8, 4) is 18.1 Å². The van der Waals surface area contributed by atoms with Gasteiger partial charge < -0.3 is 4.74 Å². The molecule has 0 spiro atoms. The minimum Gasteiger partial charge on any atom is -0.497 e. The lowest BCUT2D eigenvalue weighted by molar-refractivity contribution is 0.414. The van der Waals surface area contributed by atoms with Crippen LogP contribution in [0.15, 0.2) is 22.3 Å². The second-order valence-corrected chi connectivity index (χ2v) is 2.93. The molecule has 0 aromatic heterocycles. The van der Waals surface area contributed by atoms with Crippen molar-refractivity contribution in [2.24, 2.45) is 0 Å². The van der Waals surface area contributed by atoms with Gasteiger partial charge in [-0.1, -0.05) is 34.6 Å². The Morgan fingerprint density at radius 1 is 1.69 bits per heavy atom. The van der Waals surface area contributed by atoms with Crippen molar-refractivity contribution < 1.29 is 6.11 Å². The molecule has 0 saturated carbocycles. The number of hydrogen-bond donors (Lipinski definition) is 0. The predicted octanol–water partition coefficient (Wildman–Crippen LogP) is 3.08. The third-order valence-electron chi connectivity index (χ3n) is 1.59. The summed E-state index contributed by atoms with van der Waals surface area (Å²) in [6.07, 6.45) is 5.35. The summed E-state index contributed by atoms with van der Waals surface area (Å²) < 4.78 is 14.4. The van der Waals surface area contributed by atoms with Crippen LogP contribution in [0.25, 0.3) is 6.05 Å². The van der Waals surface area contributed by atoms with Gasteiger partial charge in [-0.25, -0.2) is 0 Å². The van der Waals surface area contributed by atoms with Crippen LogP contribution in [0.2, 0.25) is 0 Å². The molecule has 0 aliphatic rings. The van der Waals surface area contributed by atoms with E-state index >= 15 is 0 Å². The molecule has 1 aromatic rings. The molecule has 1 nitrogen and oxygen atoms in total. The Morgan fingerprint density at radius 3 is 3.00 bits per heavy atom. The molecule has 0 saturated heterocycles. The van der Waals surface area contributed by atoms with Crippen molar-refractivity contribution in [2.75, 3.05) is 7.11 Å². The van der Waals surface area contributed by atoms with Gasteiger partial charge in [0, 0.05) is 5.56 Å². The Balaban J connectivity index is 3.27. The summed E-state index contributed by atoms with van der Waals surface area (Å²) in [6.45, 7) is 0. The van der Waals surface area contributed by atoms with Crippen LogP contribution in [-0.2, 0) is 0 Å². The van der Waals surface area contributed by atoms with E-state index < -0.39 is 0 Å². The minimum atomic E-state index is 0.418. The van der Waals surface area contributed by atoms with E-state index in [1.807, 2.05) is 22.6 Å². The molecule has 1 aromatic carbocycles. The fraction of sp³-hybridized carbons (Fsp3) is 0.0909. The van der Waals surface area contributed by atoms with Crippen LogP contribution < -0.4 is 4.74 Å². The molecular weight excluding hydrogens is 275 g/mol. The molecule has 0 aliphatic heterocycles. The second kappa shape index (κ2) is 4.93. The monoisotopic (exact) mass is 285 g/mol. The van der Waals surface area contributed by atoms with E-state index in [1.54, 1.807) is 29.4 Å². The summed E-state index contributed by atoms with van der Waals surface area (Å²) >= 11 is 2.02. The van der Waals surface area contributed by atoms with E-state index in [2.05, 4.69) is 5.92 Å². The van der Waals surface area contributed by atoms with E-state index in [0.29, 0.717) is 17.4 Å². The number of halogens is 1. The van der Waals surface area contributed by atoms with Gasteiger partial charge in [0.1, 0.15) is 5.75 Å². The van der Waals surface area contributed by atoms with E-state index in [0.717, 1.165) is 5.56 Å². The molecular formula is C11H9IO.